The number of H-pyrrole nitrogens is 1. The van der Waals surface area contributed by atoms with Crippen molar-refractivity contribution in [2.75, 3.05) is 0 Å². The van der Waals surface area contributed by atoms with Crippen molar-refractivity contribution in [3.05, 3.63) is 61.9 Å². The van der Waals surface area contributed by atoms with E-state index in [0.717, 1.165) is 11.1 Å². The third kappa shape index (κ3) is 3.11. The van der Waals surface area contributed by atoms with Crippen molar-refractivity contribution in [1.82, 2.24) is 19.6 Å². The second-order valence-corrected chi connectivity index (χ2v) is 7.33. The lowest BCUT2D eigenvalue weighted by Gasteiger charge is -2.03. The standard InChI is InChI=1S/C16H8Cl2N4OS2/c17-11-4-2-1-3-9(11)10-7-24-16-13(10)15(23)19-14(20-16)12(18)5-8-6-25-22-21-8/h1-7H,(H,19,20,23). The Morgan fingerprint density at radius 3 is 2.80 bits per heavy atom. The normalized spacial score (nSPS) is 12.0. The molecule has 0 radical (unpaired) electrons. The Labute approximate surface area is 159 Å². The highest BCUT2D eigenvalue weighted by Gasteiger charge is 2.15. The van der Waals surface area contributed by atoms with Crippen LogP contribution in [0.25, 0.3) is 32.5 Å². The minimum atomic E-state index is -0.265. The third-order valence-electron chi connectivity index (χ3n) is 3.49. The SMILES string of the molecule is O=c1[nH]c(C(Cl)=Cc2csnn2)nc2scc(-c3ccccc3Cl)c12. The first kappa shape index (κ1) is 16.4. The van der Waals surface area contributed by atoms with Crippen LogP contribution in [0.3, 0.4) is 0 Å². The van der Waals surface area contributed by atoms with Crippen molar-refractivity contribution >= 4 is 67.4 Å². The smallest absolute Gasteiger partial charge is 0.260 e. The number of halogens is 2. The van der Waals surface area contributed by atoms with Gasteiger partial charge < -0.3 is 4.98 Å². The lowest BCUT2D eigenvalue weighted by molar-refractivity contribution is 1.13. The van der Waals surface area contributed by atoms with E-state index in [-0.39, 0.29) is 5.56 Å². The van der Waals surface area contributed by atoms with Gasteiger partial charge in [-0.05, 0) is 23.7 Å². The molecule has 0 aliphatic carbocycles. The monoisotopic (exact) mass is 406 g/mol. The van der Waals surface area contributed by atoms with Crippen molar-refractivity contribution in [3.63, 3.8) is 0 Å². The fraction of sp³-hybridized carbons (Fsp3) is 0. The predicted octanol–water partition coefficient (Wildman–Crippen LogP) is 4.89. The Bertz CT molecular complexity index is 1150. The van der Waals surface area contributed by atoms with Crippen molar-refractivity contribution < 1.29 is 0 Å². The van der Waals surface area contributed by atoms with Crippen LogP contribution in [0, 0.1) is 0 Å². The van der Waals surface area contributed by atoms with Gasteiger partial charge in [-0.15, -0.1) is 16.4 Å². The molecule has 3 aromatic heterocycles. The Hall–Kier alpha value is -2.06. The number of nitrogens with zero attached hydrogens (tertiary/aromatic N) is 3. The van der Waals surface area contributed by atoms with Crippen LogP contribution in [-0.2, 0) is 0 Å². The van der Waals surface area contributed by atoms with Gasteiger partial charge in [0.2, 0.25) is 0 Å². The van der Waals surface area contributed by atoms with E-state index in [2.05, 4.69) is 19.6 Å². The van der Waals surface area contributed by atoms with Crippen LogP contribution in [0.4, 0.5) is 0 Å². The summed E-state index contributed by atoms with van der Waals surface area (Å²) in [6, 6.07) is 7.39. The Morgan fingerprint density at radius 1 is 1.20 bits per heavy atom. The molecule has 3 heterocycles. The molecule has 4 rings (SSSR count). The number of rotatable bonds is 3. The van der Waals surface area contributed by atoms with Crippen molar-refractivity contribution in [2.45, 2.75) is 0 Å². The topological polar surface area (TPSA) is 71.5 Å². The summed E-state index contributed by atoms with van der Waals surface area (Å²) in [4.78, 5) is 20.4. The van der Waals surface area contributed by atoms with Crippen LogP contribution in [0.2, 0.25) is 5.02 Å². The van der Waals surface area contributed by atoms with Crippen LogP contribution in [0.15, 0.2) is 39.8 Å². The van der Waals surface area contributed by atoms with E-state index < -0.39 is 0 Å². The van der Waals surface area contributed by atoms with E-state index in [0.29, 0.717) is 31.8 Å². The molecule has 0 amide bonds. The molecule has 0 atom stereocenters. The van der Waals surface area contributed by atoms with Gasteiger partial charge in [-0.25, -0.2) is 4.98 Å². The lowest BCUT2D eigenvalue weighted by Crippen LogP contribution is -2.10. The molecule has 0 aliphatic rings. The third-order valence-corrected chi connectivity index (χ3v) is 5.50. The maximum Gasteiger partial charge on any atom is 0.260 e. The summed E-state index contributed by atoms with van der Waals surface area (Å²) < 4.78 is 3.77. The number of aromatic amines is 1. The first-order chi connectivity index (χ1) is 12.1. The van der Waals surface area contributed by atoms with Gasteiger partial charge in [-0.1, -0.05) is 45.9 Å². The first-order valence-corrected chi connectivity index (χ1v) is 9.52. The number of fused-ring (bicyclic) bond motifs is 1. The van der Waals surface area contributed by atoms with Crippen molar-refractivity contribution in [2.24, 2.45) is 0 Å². The summed E-state index contributed by atoms with van der Waals surface area (Å²) >= 11 is 15.1. The highest BCUT2D eigenvalue weighted by molar-refractivity contribution is 7.17. The van der Waals surface area contributed by atoms with Gasteiger partial charge in [0.15, 0.2) is 5.82 Å². The summed E-state index contributed by atoms with van der Waals surface area (Å²) in [7, 11) is 0. The molecule has 1 N–H and O–H groups in total. The van der Waals surface area contributed by atoms with Crippen molar-refractivity contribution in [1.29, 1.82) is 0 Å². The molecule has 0 spiro atoms. The number of benzene rings is 1. The van der Waals surface area contributed by atoms with E-state index in [1.807, 2.05) is 23.6 Å². The lowest BCUT2D eigenvalue weighted by atomic mass is 10.1. The second-order valence-electron chi connectivity index (χ2n) is 5.05. The van der Waals surface area contributed by atoms with E-state index in [1.54, 1.807) is 17.5 Å². The average molecular weight is 407 g/mol. The zero-order valence-corrected chi connectivity index (χ0v) is 15.5. The first-order valence-electron chi connectivity index (χ1n) is 7.04. The summed E-state index contributed by atoms with van der Waals surface area (Å²) in [5, 5.41) is 8.90. The van der Waals surface area contributed by atoms with E-state index in [4.69, 9.17) is 23.2 Å². The van der Waals surface area contributed by atoms with Crippen molar-refractivity contribution in [3.8, 4) is 11.1 Å². The van der Waals surface area contributed by atoms with Crippen LogP contribution in [-0.4, -0.2) is 19.6 Å². The van der Waals surface area contributed by atoms with Gasteiger partial charge in [-0.3, -0.25) is 4.79 Å². The maximum atomic E-state index is 12.6. The van der Waals surface area contributed by atoms with Gasteiger partial charge in [0.1, 0.15) is 4.83 Å². The van der Waals surface area contributed by atoms with E-state index in [1.165, 1.54) is 22.9 Å². The highest BCUT2D eigenvalue weighted by Crippen LogP contribution is 2.35. The van der Waals surface area contributed by atoms with Gasteiger partial charge >= 0.3 is 0 Å². The molecular formula is C16H8Cl2N4OS2. The van der Waals surface area contributed by atoms with Crippen LogP contribution >= 0.6 is 46.1 Å². The molecule has 0 aliphatic heterocycles. The minimum Gasteiger partial charge on any atom is -0.305 e. The molecule has 5 nitrogen and oxygen atoms in total. The van der Waals surface area contributed by atoms with Gasteiger partial charge in [-0.2, -0.15) is 0 Å². The summed E-state index contributed by atoms with van der Waals surface area (Å²) in [5.41, 5.74) is 1.90. The summed E-state index contributed by atoms with van der Waals surface area (Å²) in [6.45, 7) is 0. The Morgan fingerprint density at radius 2 is 2.04 bits per heavy atom. The minimum absolute atomic E-state index is 0.265. The number of nitrogens with one attached hydrogen (secondary N) is 1. The molecule has 0 bridgehead atoms. The fourth-order valence-corrected chi connectivity index (χ4v) is 4.16. The molecule has 0 saturated heterocycles. The van der Waals surface area contributed by atoms with Crippen LogP contribution < -0.4 is 5.56 Å². The molecule has 25 heavy (non-hydrogen) atoms. The van der Waals surface area contributed by atoms with E-state index in [9.17, 15) is 4.79 Å². The average Bonchev–Trinajstić information content (AvgIpc) is 3.25. The summed E-state index contributed by atoms with van der Waals surface area (Å²) in [6.07, 6.45) is 1.61. The maximum absolute atomic E-state index is 12.6. The molecule has 9 heteroatoms. The number of hydrogen-bond donors (Lipinski definition) is 1. The second kappa shape index (κ2) is 6.68. The quantitative estimate of drug-likeness (QED) is 0.525. The number of hydrogen-bond acceptors (Lipinski definition) is 6. The highest BCUT2D eigenvalue weighted by atomic mass is 35.5. The molecule has 0 saturated carbocycles. The molecule has 0 fully saturated rings. The Kier molecular flexibility index (Phi) is 4.39. The summed E-state index contributed by atoms with van der Waals surface area (Å²) in [5.74, 6) is 0.291. The van der Waals surface area contributed by atoms with Gasteiger partial charge in [0.05, 0.1) is 16.1 Å². The Balaban J connectivity index is 1.86. The number of thiophene rings is 1. The van der Waals surface area contributed by atoms with E-state index >= 15 is 0 Å². The zero-order chi connectivity index (χ0) is 17.4. The molecule has 1 aromatic carbocycles. The molecular weight excluding hydrogens is 399 g/mol. The largest absolute Gasteiger partial charge is 0.305 e. The van der Waals surface area contributed by atoms with Crippen LogP contribution in [0.5, 0.6) is 0 Å². The predicted molar refractivity (Wildman–Crippen MR) is 104 cm³/mol. The molecule has 4 aromatic rings. The fourth-order valence-electron chi connectivity index (χ4n) is 2.37. The van der Waals surface area contributed by atoms with Gasteiger partial charge in [0.25, 0.3) is 5.56 Å². The van der Waals surface area contributed by atoms with Gasteiger partial charge in [0, 0.05) is 26.9 Å². The number of aromatic nitrogens is 4. The van der Waals surface area contributed by atoms with Crippen LogP contribution in [0.1, 0.15) is 11.5 Å². The zero-order valence-electron chi connectivity index (χ0n) is 12.4. The molecule has 124 valence electrons. The molecule has 0 unspecified atom stereocenters.